The van der Waals surface area contributed by atoms with Crippen LogP contribution in [0.3, 0.4) is 0 Å². The molecule has 0 spiro atoms. The average Bonchev–Trinajstić information content (AvgIpc) is 3.85. The molecule has 4 N–H and O–H groups in total. The number of hydrogen-bond donors (Lipinski definition) is 3. The van der Waals surface area contributed by atoms with Gasteiger partial charge in [-0.1, -0.05) is 19.3 Å². The van der Waals surface area contributed by atoms with Crippen molar-refractivity contribution in [1.29, 1.82) is 0 Å². The van der Waals surface area contributed by atoms with Gasteiger partial charge in [0, 0.05) is 131 Å². The summed E-state index contributed by atoms with van der Waals surface area (Å²) in [4.78, 5) is 57.1. The van der Waals surface area contributed by atoms with Gasteiger partial charge >= 0.3 is 0 Å². The molecule has 0 unspecified atom stereocenters. The Hall–Kier alpha value is -5.64. The highest BCUT2D eigenvalue weighted by Crippen LogP contribution is 2.43. The first kappa shape index (κ1) is 44.4. The van der Waals surface area contributed by atoms with Crippen molar-refractivity contribution in [2.45, 2.75) is 103 Å². The van der Waals surface area contributed by atoms with Gasteiger partial charge in [-0.15, -0.1) is 0 Å². The summed E-state index contributed by atoms with van der Waals surface area (Å²) in [5.74, 6) is 0.641. The van der Waals surface area contributed by atoms with Crippen LogP contribution in [0, 0.1) is 0 Å². The van der Waals surface area contributed by atoms with Crippen LogP contribution in [0.1, 0.15) is 121 Å². The molecule has 1 saturated carbocycles. The highest BCUT2D eigenvalue weighted by Gasteiger charge is 2.34. The Morgan fingerprint density at radius 2 is 1.65 bits per heavy atom. The van der Waals surface area contributed by atoms with Crippen molar-refractivity contribution in [3.05, 3.63) is 75.6 Å². The quantitative estimate of drug-likeness (QED) is 0.205. The van der Waals surface area contributed by atoms with E-state index in [4.69, 9.17) is 10.8 Å². The van der Waals surface area contributed by atoms with E-state index in [1.807, 2.05) is 17.0 Å². The third kappa shape index (κ3) is 10.0. The molecule has 6 aliphatic rings. The Bertz CT molecular complexity index is 2190. The van der Waals surface area contributed by atoms with Gasteiger partial charge in [-0.2, -0.15) is 5.10 Å². The molecule has 4 amide bonds. The summed E-state index contributed by atoms with van der Waals surface area (Å²) >= 11 is 0. The number of alkyl halides is 2. The number of carbonyl (C=O) groups excluding carboxylic acids is 4. The van der Waals surface area contributed by atoms with Crippen LogP contribution in [0.25, 0.3) is 5.57 Å². The summed E-state index contributed by atoms with van der Waals surface area (Å²) in [5.41, 5.74) is 13.9. The maximum Gasteiger partial charge on any atom is 0.264 e. The molecule has 0 radical (unpaired) electrons. The lowest BCUT2D eigenvalue weighted by Crippen LogP contribution is -2.44. The van der Waals surface area contributed by atoms with E-state index in [9.17, 15) is 28.0 Å². The summed E-state index contributed by atoms with van der Waals surface area (Å²) in [6.45, 7) is 8.50. The topological polar surface area (TPSA) is 161 Å². The van der Waals surface area contributed by atoms with Gasteiger partial charge in [-0.25, -0.2) is 8.78 Å². The second-order valence-electron chi connectivity index (χ2n) is 16.9. The molecule has 332 valence electrons. The van der Waals surface area contributed by atoms with Gasteiger partial charge < -0.3 is 30.7 Å². The Labute approximate surface area is 362 Å². The summed E-state index contributed by atoms with van der Waals surface area (Å²) < 4.78 is 30.9. The standard InChI is InChI=1S/C28H36F2N6O.C13H17N3O.C5H7NO2/c1-18(37)34-12-10-25-24(17-34)28(33-36(25)21-8-4-3-5-9-21)35-11-6-7-19-13-22(20(15-31)16-32-2)23(27(29)30)14-26(19)35;1-15-4-6-16(7-5-15)11-2-3-12-10(8-11)9-14-13(12)17;7-4-2-1-3-5(8)6-4/h13-16,21,27H,3-12,17,31H2,1-2H3;2-3,8H,4-7,9H2,1H3,(H,14,17);1-3H2,(H,6,7,8)/b20-15+,32-16?;;. The number of nitrogens with two attached hydrogens (primary N) is 1. The number of allylic oxidation sites excluding steroid dienone is 1. The zero-order chi connectivity index (χ0) is 43.9. The van der Waals surface area contributed by atoms with Gasteiger partial charge in [0.25, 0.3) is 12.3 Å². The number of nitrogens with one attached hydrogen (secondary N) is 2. The van der Waals surface area contributed by atoms with E-state index in [0.29, 0.717) is 62.6 Å². The number of anilines is 3. The number of carbonyl (C=O) groups is 4. The third-order valence-electron chi connectivity index (χ3n) is 12.8. The number of fused-ring (bicyclic) bond motifs is 3. The fourth-order valence-corrected chi connectivity index (χ4v) is 9.35. The van der Waals surface area contributed by atoms with Gasteiger partial charge in [0.05, 0.1) is 12.6 Å². The number of piperidine rings is 1. The maximum absolute atomic E-state index is 14.3. The van der Waals surface area contributed by atoms with E-state index in [1.165, 1.54) is 43.1 Å². The largest absolute Gasteiger partial charge is 0.404 e. The average molecular weight is 855 g/mol. The zero-order valence-electron chi connectivity index (χ0n) is 36.2. The van der Waals surface area contributed by atoms with Gasteiger partial charge in [-0.3, -0.25) is 34.2 Å². The summed E-state index contributed by atoms with van der Waals surface area (Å²) in [5, 5.41) is 10.2. The smallest absolute Gasteiger partial charge is 0.264 e. The Kier molecular flexibility index (Phi) is 14.4. The molecule has 0 atom stereocenters. The first-order valence-electron chi connectivity index (χ1n) is 22.1. The third-order valence-corrected chi connectivity index (χ3v) is 12.8. The highest BCUT2D eigenvalue weighted by atomic mass is 19.3. The summed E-state index contributed by atoms with van der Waals surface area (Å²) in [6.07, 6.45) is 10.2. The SMILES string of the molecule is CN1CCN(c2ccc3c(c2)CNC3=O)CC1.CN=C/C(=C\N)c1cc2c(cc1C(F)F)N(c1nn(C3CCCCC3)c3c1CN(C(C)=O)CC3)CCC2.O=C1CCCC(=O)N1. The van der Waals surface area contributed by atoms with Crippen LogP contribution in [-0.4, -0.2) is 103 Å². The number of aliphatic imine (C=N–C) groups is 1. The molecule has 6 heterocycles. The van der Waals surface area contributed by atoms with Gasteiger partial charge in [0.2, 0.25) is 17.7 Å². The molecule has 14 nitrogen and oxygen atoms in total. The van der Waals surface area contributed by atoms with Crippen molar-refractivity contribution in [3.63, 3.8) is 0 Å². The van der Waals surface area contributed by atoms with Crippen LogP contribution in [0.2, 0.25) is 0 Å². The predicted octanol–water partition coefficient (Wildman–Crippen LogP) is 5.81. The normalized spacial score (nSPS) is 19.5. The Morgan fingerprint density at radius 1 is 0.903 bits per heavy atom. The molecule has 5 aliphatic heterocycles. The molecule has 1 aromatic heterocycles. The van der Waals surface area contributed by atoms with E-state index in [0.717, 1.165) is 92.0 Å². The number of halogens is 2. The number of benzene rings is 2. The molecule has 9 rings (SSSR count). The van der Waals surface area contributed by atoms with E-state index in [-0.39, 0.29) is 29.2 Å². The number of imide groups is 1. The second kappa shape index (κ2) is 20.0. The van der Waals surface area contributed by atoms with Crippen LogP contribution in [0.5, 0.6) is 0 Å². The zero-order valence-corrected chi connectivity index (χ0v) is 36.2. The van der Waals surface area contributed by atoms with Crippen molar-refractivity contribution in [3.8, 4) is 0 Å². The molecular weight excluding hydrogens is 795 g/mol. The summed E-state index contributed by atoms with van der Waals surface area (Å²) in [6, 6.07) is 9.97. The molecule has 1 aliphatic carbocycles. The highest BCUT2D eigenvalue weighted by molar-refractivity contribution is 6.10. The number of rotatable bonds is 6. The number of aryl methyl sites for hydroxylation is 1. The van der Waals surface area contributed by atoms with E-state index in [2.05, 4.69) is 54.2 Å². The number of likely N-dealkylation sites (N-methyl/N-ethyl adjacent to an activating group) is 1. The van der Waals surface area contributed by atoms with Crippen molar-refractivity contribution in [2.75, 3.05) is 63.2 Å². The van der Waals surface area contributed by atoms with Crippen molar-refractivity contribution < 1.29 is 28.0 Å². The molecule has 62 heavy (non-hydrogen) atoms. The van der Waals surface area contributed by atoms with E-state index >= 15 is 0 Å². The van der Waals surface area contributed by atoms with Crippen LogP contribution in [0.4, 0.5) is 26.0 Å². The van der Waals surface area contributed by atoms with Crippen LogP contribution in [0.15, 0.2) is 41.5 Å². The van der Waals surface area contributed by atoms with Crippen LogP contribution in [-0.2, 0) is 40.3 Å². The Morgan fingerprint density at radius 3 is 2.29 bits per heavy atom. The monoisotopic (exact) mass is 854 g/mol. The number of nitrogens with zero attached hydrogens (tertiary/aromatic N) is 7. The number of amides is 4. The van der Waals surface area contributed by atoms with Crippen LogP contribution >= 0.6 is 0 Å². The Balaban J connectivity index is 0.000000188. The second-order valence-corrected chi connectivity index (χ2v) is 16.9. The van der Waals surface area contributed by atoms with Crippen LogP contribution < -0.4 is 26.2 Å². The predicted molar refractivity (Wildman–Crippen MR) is 237 cm³/mol. The molecule has 16 heteroatoms. The molecule has 0 bridgehead atoms. The van der Waals surface area contributed by atoms with E-state index < -0.39 is 6.43 Å². The summed E-state index contributed by atoms with van der Waals surface area (Å²) in [7, 11) is 3.75. The van der Waals surface area contributed by atoms with E-state index in [1.54, 1.807) is 20.0 Å². The van der Waals surface area contributed by atoms with Crippen molar-refractivity contribution >= 4 is 52.6 Å². The lowest BCUT2D eigenvalue weighted by atomic mass is 9.92. The molecule has 2 saturated heterocycles. The minimum atomic E-state index is -2.66. The number of aromatic nitrogens is 2. The minimum absolute atomic E-state index is 0.0457. The minimum Gasteiger partial charge on any atom is -0.404 e. The first-order chi connectivity index (χ1) is 29.9. The molecule has 2 aromatic carbocycles. The van der Waals surface area contributed by atoms with Crippen molar-refractivity contribution in [2.24, 2.45) is 10.7 Å². The van der Waals surface area contributed by atoms with Gasteiger partial charge in [0.1, 0.15) is 0 Å². The maximum atomic E-state index is 14.3. The van der Waals surface area contributed by atoms with Gasteiger partial charge in [-0.05, 0) is 86.2 Å². The van der Waals surface area contributed by atoms with Crippen molar-refractivity contribution in [1.82, 2.24) is 30.2 Å². The molecule has 3 fully saturated rings. The lowest BCUT2D eigenvalue weighted by Gasteiger charge is -2.34. The van der Waals surface area contributed by atoms with Gasteiger partial charge in [0.15, 0.2) is 5.82 Å². The molecule has 3 aromatic rings. The fourth-order valence-electron chi connectivity index (χ4n) is 9.35. The number of piperazine rings is 1. The fraction of sp³-hybridized carbons (Fsp3) is 0.522. The lowest BCUT2D eigenvalue weighted by molar-refractivity contribution is -0.133. The molecular formula is C46H60F2N10O4. The number of hydrogen-bond acceptors (Lipinski definition) is 10. The first-order valence-corrected chi connectivity index (χ1v) is 22.1.